The van der Waals surface area contributed by atoms with Gasteiger partial charge in [-0.15, -0.1) is 0 Å². The third-order valence-electron chi connectivity index (χ3n) is 5.18. The first-order chi connectivity index (χ1) is 8.45. The van der Waals surface area contributed by atoms with E-state index in [9.17, 15) is 5.11 Å². The van der Waals surface area contributed by atoms with Crippen molar-refractivity contribution in [2.24, 2.45) is 16.2 Å². The van der Waals surface area contributed by atoms with E-state index in [-0.39, 0.29) is 62.2 Å². The molecule has 3 nitrogen and oxygen atoms in total. The van der Waals surface area contributed by atoms with Crippen molar-refractivity contribution in [3.63, 3.8) is 0 Å². The molecular weight excluding hydrogens is 329 g/mol. The van der Waals surface area contributed by atoms with Crippen molar-refractivity contribution in [1.82, 2.24) is 0 Å². The molecule has 0 rings (SSSR count). The summed E-state index contributed by atoms with van der Waals surface area (Å²) < 4.78 is 5.37. The Morgan fingerprint density at radius 1 is 1.00 bits per heavy atom. The van der Waals surface area contributed by atoms with Gasteiger partial charge in [0.1, 0.15) is 6.10 Å². The van der Waals surface area contributed by atoms with Crippen molar-refractivity contribution in [1.29, 1.82) is 0 Å². The second kappa shape index (κ2) is 9.20. The zero-order valence-corrected chi connectivity index (χ0v) is 17.3. The first-order valence-corrected chi connectivity index (χ1v) is 7.32. The number of hydrogen-bond donors (Lipinski definition) is 2. The second-order valence-corrected chi connectivity index (χ2v) is 7.77. The number of ether oxygens (including phenoxy) is 1. The van der Waals surface area contributed by atoms with Crippen LogP contribution >= 0.6 is 0 Å². The normalized spacial score (nSPS) is 14.8. The van der Waals surface area contributed by atoms with Crippen molar-refractivity contribution in [2.75, 3.05) is 19.8 Å². The van der Waals surface area contributed by atoms with E-state index in [0.29, 0.717) is 6.61 Å². The fraction of sp³-hybridized carbons (Fsp3) is 1.00. The first-order valence-electron chi connectivity index (χ1n) is 7.32. The summed E-state index contributed by atoms with van der Waals surface area (Å²) in [7, 11) is 0. The third kappa shape index (κ3) is 6.83. The Bertz CT molecular complexity index is 257. The molecule has 2 N–H and O–H groups in total. The van der Waals surface area contributed by atoms with E-state index in [4.69, 9.17) is 9.84 Å². The SMILES string of the molecule is CC(C)(C)C(C)(C)C(C)(C)CCCOCC(O)CO.[Y]. The third-order valence-corrected chi connectivity index (χ3v) is 5.18. The zero-order chi connectivity index (χ0) is 15.3. The van der Waals surface area contributed by atoms with E-state index < -0.39 is 6.10 Å². The molecule has 0 aromatic carbocycles. The molecule has 0 aliphatic heterocycles. The van der Waals surface area contributed by atoms with Gasteiger partial charge in [0, 0.05) is 39.3 Å². The van der Waals surface area contributed by atoms with Crippen LogP contribution < -0.4 is 0 Å². The summed E-state index contributed by atoms with van der Waals surface area (Å²) in [5.41, 5.74) is 0.708. The minimum Gasteiger partial charge on any atom is -0.394 e. The second-order valence-electron chi connectivity index (χ2n) is 7.77. The Balaban J connectivity index is 0. The monoisotopic (exact) mass is 363 g/mol. The fourth-order valence-corrected chi connectivity index (χ4v) is 2.22. The summed E-state index contributed by atoms with van der Waals surface area (Å²) in [5.74, 6) is 0. The van der Waals surface area contributed by atoms with Crippen molar-refractivity contribution in [3.8, 4) is 0 Å². The standard InChI is InChI=1S/C16H34O3.Y/c1-14(2,3)16(6,7)15(4,5)9-8-10-19-12-13(18)11-17;/h13,17-18H,8-12H2,1-7H3;. The molecule has 0 saturated carbocycles. The van der Waals surface area contributed by atoms with Crippen LogP contribution in [0.25, 0.3) is 0 Å². The van der Waals surface area contributed by atoms with Crippen LogP contribution in [-0.2, 0) is 37.4 Å². The molecule has 0 aromatic heterocycles. The van der Waals surface area contributed by atoms with Crippen LogP contribution in [-0.4, -0.2) is 36.1 Å². The van der Waals surface area contributed by atoms with Crippen LogP contribution in [0.5, 0.6) is 0 Å². The summed E-state index contributed by atoms with van der Waals surface area (Å²) in [6, 6.07) is 0. The molecule has 0 saturated heterocycles. The van der Waals surface area contributed by atoms with Crippen LogP contribution in [0.3, 0.4) is 0 Å². The van der Waals surface area contributed by atoms with Gasteiger partial charge in [0.15, 0.2) is 0 Å². The quantitative estimate of drug-likeness (QED) is 0.651. The maximum absolute atomic E-state index is 9.18. The summed E-state index contributed by atoms with van der Waals surface area (Å²) in [4.78, 5) is 0. The van der Waals surface area contributed by atoms with Crippen LogP contribution in [0.15, 0.2) is 0 Å². The van der Waals surface area contributed by atoms with Crippen LogP contribution in [0.4, 0.5) is 0 Å². The molecule has 0 aliphatic rings. The zero-order valence-electron chi connectivity index (χ0n) is 14.5. The Hall–Kier alpha value is 0.984. The molecular formula is C16H34O3Y. The van der Waals surface area contributed by atoms with Crippen molar-refractivity contribution in [3.05, 3.63) is 0 Å². The Labute approximate surface area is 150 Å². The minimum absolute atomic E-state index is 0. The van der Waals surface area contributed by atoms with Gasteiger partial charge in [-0.25, -0.2) is 0 Å². The van der Waals surface area contributed by atoms with E-state index in [1.54, 1.807) is 0 Å². The Kier molecular flexibility index (Phi) is 10.7. The maximum Gasteiger partial charge on any atom is 0.100 e. The van der Waals surface area contributed by atoms with E-state index >= 15 is 0 Å². The van der Waals surface area contributed by atoms with Gasteiger partial charge < -0.3 is 14.9 Å². The predicted molar refractivity (Wildman–Crippen MR) is 80.2 cm³/mol. The Morgan fingerprint density at radius 3 is 1.90 bits per heavy atom. The number of hydrogen-bond acceptors (Lipinski definition) is 3. The largest absolute Gasteiger partial charge is 0.394 e. The van der Waals surface area contributed by atoms with Gasteiger partial charge in [-0.05, 0) is 29.1 Å². The smallest absolute Gasteiger partial charge is 0.100 e. The van der Waals surface area contributed by atoms with Crippen molar-refractivity contribution in [2.45, 2.75) is 67.4 Å². The van der Waals surface area contributed by atoms with Crippen molar-refractivity contribution < 1.29 is 47.7 Å². The summed E-state index contributed by atoms with van der Waals surface area (Å²) in [5, 5.41) is 17.9. The average molecular weight is 363 g/mol. The van der Waals surface area contributed by atoms with E-state index in [1.807, 2.05) is 0 Å². The molecule has 1 atom stereocenters. The number of aliphatic hydroxyl groups is 2. The van der Waals surface area contributed by atoms with E-state index in [0.717, 1.165) is 12.8 Å². The van der Waals surface area contributed by atoms with E-state index in [2.05, 4.69) is 48.5 Å². The molecule has 0 bridgehead atoms. The van der Waals surface area contributed by atoms with Gasteiger partial charge in [0.25, 0.3) is 0 Å². The first kappa shape index (κ1) is 23.3. The Morgan fingerprint density at radius 2 is 1.50 bits per heavy atom. The summed E-state index contributed by atoms with van der Waals surface area (Å²) in [6.07, 6.45) is 1.32. The molecule has 119 valence electrons. The molecule has 1 unspecified atom stereocenters. The minimum atomic E-state index is -0.751. The molecule has 20 heavy (non-hydrogen) atoms. The van der Waals surface area contributed by atoms with Crippen LogP contribution in [0.1, 0.15) is 61.3 Å². The molecule has 4 heteroatoms. The fourth-order valence-electron chi connectivity index (χ4n) is 2.22. The molecule has 0 fully saturated rings. The number of rotatable bonds is 8. The molecule has 0 amide bonds. The van der Waals surface area contributed by atoms with Gasteiger partial charge >= 0.3 is 0 Å². The predicted octanol–water partition coefficient (Wildman–Crippen LogP) is 3.23. The molecule has 0 spiro atoms. The van der Waals surface area contributed by atoms with Gasteiger partial charge in [-0.3, -0.25) is 0 Å². The molecule has 1 radical (unpaired) electrons. The number of aliphatic hydroxyl groups excluding tert-OH is 2. The maximum atomic E-state index is 9.18. The van der Waals surface area contributed by atoms with Crippen molar-refractivity contribution >= 4 is 0 Å². The van der Waals surface area contributed by atoms with Gasteiger partial charge in [0.05, 0.1) is 13.2 Å². The summed E-state index contributed by atoms with van der Waals surface area (Å²) >= 11 is 0. The summed E-state index contributed by atoms with van der Waals surface area (Å²) in [6.45, 7) is 16.8. The van der Waals surface area contributed by atoms with Gasteiger partial charge in [0.2, 0.25) is 0 Å². The van der Waals surface area contributed by atoms with Crippen LogP contribution in [0.2, 0.25) is 0 Å². The topological polar surface area (TPSA) is 49.7 Å². The molecule has 0 aromatic rings. The van der Waals surface area contributed by atoms with Crippen LogP contribution in [0, 0.1) is 16.2 Å². The van der Waals surface area contributed by atoms with E-state index in [1.165, 1.54) is 0 Å². The van der Waals surface area contributed by atoms with Gasteiger partial charge in [-0.1, -0.05) is 48.5 Å². The average Bonchev–Trinajstić information content (AvgIpc) is 2.26. The molecule has 0 aliphatic carbocycles. The van der Waals surface area contributed by atoms with Gasteiger partial charge in [-0.2, -0.15) is 0 Å². The molecule has 0 heterocycles.